The van der Waals surface area contributed by atoms with E-state index in [4.69, 9.17) is 13.9 Å². The Kier molecular flexibility index (Phi) is 7.26. The minimum atomic E-state index is -0.522. The van der Waals surface area contributed by atoms with Crippen molar-refractivity contribution in [2.24, 2.45) is 11.8 Å². The highest BCUT2D eigenvalue weighted by molar-refractivity contribution is 5.90. The second kappa shape index (κ2) is 9.76. The SMILES string of the molecule is CCc1cc(=O)oc2cc(C)cc(OC(=O)C3CCC(CNC(=O)OC(C)(C)C)CC3)c12. The molecule has 0 saturated heterocycles. The average Bonchev–Trinajstić information content (AvgIpc) is 2.70. The number of amides is 1. The number of ether oxygens (including phenoxy) is 2. The van der Waals surface area contributed by atoms with E-state index in [1.54, 1.807) is 6.07 Å². The Labute approximate surface area is 188 Å². The van der Waals surface area contributed by atoms with Crippen LogP contribution in [0.4, 0.5) is 4.79 Å². The van der Waals surface area contributed by atoms with Crippen LogP contribution >= 0.6 is 0 Å². The van der Waals surface area contributed by atoms with Gasteiger partial charge in [-0.2, -0.15) is 0 Å². The van der Waals surface area contributed by atoms with Gasteiger partial charge in [0.25, 0.3) is 0 Å². The molecule has 7 nitrogen and oxygen atoms in total. The third-order valence-corrected chi connectivity index (χ3v) is 5.74. The number of nitrogens with one attached hydrogen (secondary N) is 1. The van der Waals surface area contributed by atoms with Crippen molar-refractivity contribution in [2.45, 2.75) is 72.3 Å². The van der Waals surface area contributed by atoms with E-state index >= 15 is 0 Å². The average molecular weight is 444 g/mol. The summed E-state index contributed by atoms with van der Waals surface area (Å²) in [6, 6.07) is 5.06. The van der Waals surface area contributed by atoms with E-state index in [0.717, 1.165) is 24.0 Å². The van der Waals surface area contributed by atoms with Crippen LogP contribution in [0, 0.1) is 18.8 Å². The Morgan fingerprint density at radius 3 is 2.44 bits per heavy atom. The van der Waals surface area contributed by atoms with Gasteiger partial charge in [-0.3, -0.25) is 4.79 Å². The molecule has 7 heteroatoms. The molecule has 1 aliphatic rings. The first kappa shape index (κ1) is 23.8. The van der Waals surface area contributed by atoms with Gasteiger partial charge in [-0.15, -0.1) is 0 Å². The van der Waals surface area contributed by atoms with Crippen LogP contribution in [-0.4, -0.2) is 24.2 Å². The molecular weight excluding hydrogens is 410 g/mol. The third kappa shape index (κ3) is 6.11. The first-order chi connectivity index (χ1) is 15.1. The van der Waals surface area contributed by atoms with Gasteiger partial charge in [0.1, 0.15) is 16.9 Å². The quantitative estimate of drug-likeness (QED) is 0.401. The highest BCUT2D eigenvalue weighted by Crippen LogP contribution is 2.33. The van der Waals surface area contributed by atoms with Gasteiger partial charge >= 0.3 is 17.7 Å². The fourth-order valence-electron chi connectivity index (χ4n) is 4.17. The molecule has 3 rings (SSSR count). The molecule has 0 aliphatic heterocycles. The van der Waals surface area contributed by atoms with Crippen LogP contribution in [0.15, 0.2) is 27.4 Å². The van der Waals surface area contributed by atoms with Crippen molar-refractivity contribution in [3.8, 4) is 5.75 Å². The predicted molar refractivity (Wildman–Crippen MR) is 122 cm³/mol. The predicted octanol–water partition coefficient (Wildman–Crippen LogP) is 4.90. The van der Waals surface area contributed by atoms with Crippen LogP contribution < -0.4 is 15.7 Å². The third-order valence-electron chi connectivity index (χ3n) is 5.74. The Hall–Kier alpha value is -2.83. The number of fused-ring (bicyclic) bond motifs is 1. The smallest absolute Gasteiger partial charge is 0.407 e. The zero-order valence-electron chi connectivity index (χ0n) is 19.6. The zero-order chi connectivity index (χ0) is 23.5. The topological polar surface area (TPSA) is 94.8 Å². The summed E-state index contributed by atoms with van der Waals surface area (Å²) in [5.41, 5.74) is 1.17. The molecule has 0 unspecified atom stereocenters. The molecular formula is C25H33NO6. The van der Waals surface area contributed by atoms with Gasteiger partial charge in [0, 0.05) is 12.6 Å². The van der Waals surface area contributed by atoms with Crippen molar-refractivity contribution in [2.75, 3.05) is 6.54 Å². The molecule has 1 fully saturated rings. The molecule has 1 N–H and O–H groups in total. The van der Waals surface area contributed by atoms with Crippen molar-refractivity contribution >= 4 is 23.0 Å². The molecule has 0 atom stereocenters. The maximum Gasteiger partial charge on any atom is 0.407 e. The largest absolute Gasteiger partial charge is 0.444 e. The summed E-state index contributed by atoms with van der Waals surface area (Å²) in [4.78, 5) is 36.6. The van der Waals surface area contributed by atoms with E-state index in [0.29, 0.717) is 48.4 Å². The molecule has 1 aromatic carbocycles. The fourth-order valence-corrected chi connectivity index (χ4v) is 4.17. The van der Waals surface area contributed by atoms with Crippen LogP contribution in [0.1, 0.15) is 64.5 Å². The molecule has 1 heterocycles. The van der Waals surface area contributed by atoms with E-state index in [1.165, 1.54) is 6.07 Å². The molecule has 0 bridgehead atoms. The summed E-state index contributed by atoms with van der Waals surface area (Å²) in [7, 11) is 0. The number of esters is 1. The number of hydrogen-bond donors (Lipinski definition) is 1. The van der Waals surface area contributed by atoms with Crippen LogP contribution in [-0.2, 0) is 16.0 Å². The number of aryl methyl sites for hydroxylation is 2. The standard InChI is InChI=1S/C25H33NO6/c1-6-17-13-21(27)30-19-11-15(2)12-20(22(17)19)31-23(28)18-9-7-16(8-10-18)14-26-24(29)32-25(3,4)5/h11-13,16,18H,6-10,14H2,1-5H3,(H,26,29). The van der Waals surface area contributed by atoms with Gasteiger partial charge in [-0.25, -0.2) is 9.59 Å². The molecule has 32 heavy (non-hydrogen) atoms. The van der Waals surface area contributed by atoms with Gasteiger partial charge in [-0.05, 0) is 89.0 Å². The summed E-state index contributed by atoms with van der Waals surface area (Å²) >= 11 is 0. The lowest BCUT2D eigenvalue weighted by Gasteiger charge is -2.28. The highest BCUT2D eigenvalue weighted by atomic mass is 16.6. The van der Waals surface area contributed by atoms with E-state index in [2.05, 4.69) is 5.32 Å². The number of alkyl carbamates (subject to hydrolysis) is 1. The number of carbonyl (C=O) groups excluding carboxylic acids is 2. The molecule has 2 aromatic rings. The molecule has 1 amide bonds. The fraction of sp³-hybridized carbons (Fsp3) is 0.560. The second-order valence-corrected chi connectivity index (χ2v) is 9.60. The lowest BCUT2D eigenvalue weighted by molar-refractivity contribution is -0.140. The molecule has 1 aliphatic carbocycles. The van der Waals surface area contributed by atoms with Crippen LogP contribution in [0.2, 0.25) is 0 Å². The second-order valence-electron chi connectivity index (χ2n) is 9.60. The van der Waals surface area contributed by atoms with E-state index in [1.807, 2.05) is 40.7 Å². The van der Waals surface area contributed by atoms with Crippen molar-refractivity contribution in [3.05, 3.63) is 39.7 Å². The van der Waals surface area contributed by atoms with Crippen molar-refractivity contribution < 1.29 is 23.5 Å². The molecule has 1 saturated carbocycles. The lowest BCUT2D eigenvalue weighted by atomic mass is 9.82. The lowest BCUT2D eigenvalue weighted by Crippen LogP contribution is -2.36. The summed E-state index contributed by atoms with van der Waals surface area (Å²) in [6.45, 7) is 9.86. The number of rotatable bonds is 5. The van der Waals surface area contributed by atoms with Gasteiger partial charge in [0.2, 0.25) is 0 Å². The molecule has 1 aromatic heterocycles. The molecule has 0 radical (unpaired) electrons. The Morgan fingerprint density at radius 2 is 1.81 bits per heavy atom. The van der Waals surface area contributed by atoms with Crippen molar-refractivity contribution in [1.29, 1.82) is 0 Å². The van der Waals surface area contributed by atoms with Gasteiger partial charge < -0.3 is 19.2 Å². The summed E-state index contributed by atoms with van der Waals surface area (Å²) < 4.78 is 16.5. The maximum atomic E-state index is 12.9. The molecule has 0 spiro atoms. The summed E-state index contributed by atoms with van der Waals surface area (Å²) in [5.74, 6) is 0.305. The Morgan fingerprint density at radius 1 is 1.12 bits per heavy atom. The van der Waals surface area contributed by atoms with Crippen LogP contribution in [0.25, 0.3) is 11.0 Å². The minimum absolute atomic E-state index is 0.191. The summed E-state index contributed by atoms with van der Waals surface area (Å²) in [5, 5.41) is 3.50. The number of benzene rings is 1. The highest BCUT2D eigenvalue weighted by Gasteiger charge is 2.29. The normalized spacial score (nSPS) is 18.9. The zero-order valence-corrected chi connectivity index (χ0v) is 19.6. The summed E-state index contributed by atoms with van der Waals surface area (Å²) in [6.07, 6.45) is 3.30. The molecule has 174 valence electrons. The van der Waals surface area contributed by atoms with Gasteiger partial charge in [-0.1, -0.05) is 6.92 Å². The monoisotopic (exact) mass is 443 g/mol. The number of carbonyl (C=O) groups is 2. The van der Waals surface area contributed by atoms with E-state index in [9.17, 15) is 14.4 Å². The van der Waals surface area contributed by atoms with Crippen molar-refractivity contribution in [1.82, 2.24) is 5.32 Å². The van der Waals surface area contributed by atoms with Crippen LogP contribution in [0.5, 0.6) is 5.75 Å². The first-order valence-corrected chi connectivity index (χ1v) is 11.3. The van der Waals surface area contributed by atoms with Crippen molar-refractivity contribution in [3.63, 3.8) is 0 Å². The van der Waals surface area contributed by atoms with Gasteiger partial charge in [0.15, 0.2) is 0 Å². The van der Waals surface area contributed by atoms with E-state index < -0.39 is 17.3 Å². The van der Waals surface area contributed by atoms with E-state index in [-0.39, 0.29) is 11.9 Å². The Bertz CT molecular complexity index is 1040. The van der Waals surface area contributed by atoms with Crippen LogP contribution in [0.3, 0.4) is 0 Å². The maximum absolute atomic E-state index is 12.9. The van der Waals surface area contributed by atoms with Gasteiger partial charge in [0.05, 0.1) is 11.3 Å². The Balaban J connectivity index is 1.62. The minimum Gasteiger partial charge on any atom is -0.444 e. The number of hydrogen-bond acceptors (Lipinski definition) is 6. The first-order valence-electron chi connectivity index (χ1n) is 11.3.